The van der Waals surface area contributed by atoms with Crippen LogP contribution in [0.4, 0.5) is 32.3 Å². The molecule has 7 nitrogen and oxygen atoms in total. The number of nitrogens with one attached hydrogen (secondary N) is 4. The molecule has 41 heavy (non-hydrogen) atoms. The molecule has 210 valence electrons. The number of rotatable bonds is 9. The normalized spacial score (nSPS) is 14.0. The summed E-state index contributed by atoms with van der Waals surface area (Å²) in [5, 5.41) is 11.5. The SMILES string of the molecule is O=C(Nc1ccccc1)Nc1ccc(CC(CN2CCCCC2)c2ccc(NC(=O)Nc3ccccc3)cc2)cc1. The summed E-state index contributed by atoms with van der Waals surface area (Å²) in [5.41, 5.74) is 5.46. The van der Waals surface area contributed by atoms with Gasteiger partial charge in [0.2, 0.25) is 0 Å². The van der Waals surface area contributed by atoms with Crippen LogP contribution in [0, 0.1) is 0 Å². The Hall–Kier alpha value is -4.62. The minimum atomic E-state index is -0.266. The van der Waals surface area contributed by atoms with Crippen LogP contribution in [0.2, 0.25) is 0 Å². The van der Waals surface area contributed by atoms with Gasteiger partial charge in [0.25, 0.3) is 0 Å². The van der Waals surface area contributed by atoms with Crippen LogP contribution >= 0.6 is 0 Å². The highest BCUT2D eigenvalue weighted by molar-refractivity contribution is 6.00. The predicted molar refractivity (Wildman–Crippen MR) is 168 cm³/mol. The highest BCUT2D eigenvalue weighted by Gasteiger charge is 2.19. The van der Waals surface area contributed by atoms with Crippen molar-refractivity contribution in [2.75, 3.05) is 40.9 Å². The van der Waals surface area contributed by atoms with E-state index in [4.69, 9.17) is 0 Å². The van der Waals surface area contributed by atoms with Gasteiger partial charge in [0, 0.05) is 35.2 Å². The molecule has 0 aliphatic carbocycles. The molecule has 4 aromatic rings. The highest BCUT2D eigenvalue weighted by atomic mass is 16.2. The predicted octanol–water partition coefficient (Wildman–Crippen LogP) is 7.79. The van der Waals surface area contributed by atoms with Gasteiger partial charge >= 0.3 is 12.1 Å². The summed E-state index contributed by atoms with van der Waals surface area (Å²) in [6.07, 6.45) is 4.68. The first-order valence-corrected chi connectivity index (χ1v) is 14.3. The number of piperidine rings is 1. The van der Waals surface area contributed by atoms with Crippen LogP contribution in [0.3, 0.4) is 0 Å². The first kappa shape index (κ1) is 27.9. The molecule has 5 rings (SSSR count). The number of hydrogen-bond acceptors (Lipinski definition) is 3. The third-order valence-corrected chi connectivity index (χ3v) is 7.32. The maximum Gasteiger partial charge on any atom is 0.323 e. The van der Waals surface area contributed by atoms with Gasteiger partial charge in [0.1, 0.15) is 0 Å². The summed E-state index contributed by atoms with van der Waals surface area (Å²) in [4.78, 5) is 27.4. The molecule has 1 fully saturated rings. The van der Waals surface area contributed by atoms with E-state index in [0.29, 0.717) is 5.92 Å². The van der Waals surface area contributed by atoms with E-state index in [1.807, 2.05) is 84.9 Å². The Bertz CT molecular complexity index is 1390. The van der Waals surface area contributed by atoms with Crippen molar-refractivity contribution in [3.05, 3.63) is 120 Å². The number of hydrogen-bond donors (Lipinski definition) is 4. The molecule has 1 atom stereocenters. The van der Waals surface area contributed by atoms with E-state index >= 15 is 0 Å². The number of para-hydroxylation sites is 2. The molecular weight excluding hydrogens is 510 g/mol. The van der Waals surface area contributed by atoms with Crippen molar-refractivity contribution >= 4 is 34.8 Å². The molecule has 4 aromatic carbocycles. The number of benzene rings is 4. The number of anilines is 4. The summed E-state index contributed by atoms with van der Waals surface area (Å²) in [6, 6.07) is 34.5. The lowest BCUT2D eigenvalue weighted by molar-refractivity contribution is 0.215. The van der Waals surface area contributed by atoms with Crippen LogP contribution in [-0.2, 0) is 6.42 Å². The van der Waals surface area contributed by atoms with Crippen molar-refractivity contribution in [2.45, 2.75) is 31.6 Å². The van der Waals surface area contributed by atoms with Crippen LogP contribution in [-0.4, -0.2) is 36.6 Å². The van der Waals surface area contributed by atoms with Gasteiger partial charge in [0.15, 0.2) is 0 Å². The third kappa shape index (κ3) is 8.68. The molecular formula is C34H37N5O2. The molecule has 0 spiro atoms. The van der Waals surface area contributed by atoms with E-state index in [-0.39, 0.29) is 12.1 Å². The second-order valence-electron chi connectivity index (χ2n) is 10.5. The first-order chi connectivity index (χ1) is 20.1. The lowest BCUT2D eigenvalue weighted by Crippen LogP contribution is -2.34. The monoisotopic (exact) mass is 547 g/mol. The Kier molecular flexibility index (Phi) is 9.63. The molecule has 7 heteroatoms. The van der Waals surface area contributed by atoms with Crippen molar-refractivity contribution in [3.8, 4) is 0 Å². The second-order valence-corrected chi connectivity index (χ2v) is 10.5. The maximum absolute atomic E-state index is 12.4. The molecule has 1 aliphatic rings. The molecule has 0 radical (unpaired) electrons. The Morgan fingerprint density at radius 2 is 1.00 bits per heavy atom. The molecule has 1 unspecified atom stereocenters. The van der Waals surface area contributed by atoms with E-state index in [2.05, 4.69) is 50.4 Å². The molecule has 0 bridgehead atoms. The summed E-state index contributed by atoms with van der Waals surface area (Å²) in [5.74, 6) is 0.306. The van der Waals surface area contributed by atoms with Crippen LogP contribution in [0.15, 0.2) is 109 Å². The quantitative estimate of drug-likeness (QED) is 0.173. The molecule has 0 aromatic heterocycles. The maximum atomic E-state index is 12.4. The lowest BCUT2D eigenvalue weighted by atomic mass is 9.90. The Balaban J connectivity index is 1.22. The van der Waals surface area contributed by atoms with Gasteiger partial charge in [0.05, 0.1) is 0 Å². The minimum absolute atomic E-state index is 0.264. The third-order valence-electron chi connectivity index (χ3n) is 7.32. The number of nitrogens with zero attached hydrogens (tertiary/aromatic N) is 1. The zero-order valence-electron chi connectivity index (χ0n) is 23.2. The van der Waals surface area contributed by atoms with Gasteiger partial charge in [-0.25, -0.2) is 9.59 Å². The van der Waals surface area contributed by atoms with Crippen molar-refractivity contribution < 1.29 is 9.59 Å². The van der Waals surface area contributed by atoms with Crippen molar-refractivity contribution in [2.24, 2.45) is 0 Å². The van der Waals surface area contributed by atoms with Crippen LogP contribution < -0.4 is 21.3 Å². The Morgan fingerprint density at radius 3 is 1.49 bits per heavy atom. The molecule has 1 heterocycles. The minimum Gasteiger partial charge on any atom is -0.308 e. The van der Waals surface area contributed by atoms with E-state index < -0.39 is 0 Å². The smallest absolute Gasteiger partial charge is 0.308 e. The largest absolute Gasteiger partial charge is 0.323 e. The van der Waals surface area contributed by atoms with Crippen molar-refractivity contribution in [3.63, 3.8) is 0 Å². The van der Waals surface area contributed by atoms with Crippen molar-refractivity contribution in [1.82, 2.24) is 4.90 Å². The Labute approximate surface area is 242 Å². The van der Waals surface area contributed by atoms with Gasteiger partial charge in [-0.2, -0.15) is 0 Å². The number of urea groups is 2. The van der Waals surface area contributed by atoms with Gasteiger partial charge < -0.3 is 26.2 Å². The summed E-state index contributed by atoms with van der Waals surface area (Å²) in [7, 11) is 0. The zero-order chi connectivity index (χ0) is 28.3. The van der Waals surface area contributed by atoms with Crippen LogP contribution in [0.1, 0.15) is 36.3 Å². The summed E-state index contributed by atoms with van der Waals surface area (Å²) >= 11 is 0. The number of carbonyl (C=O) groups excluding carboxylic acids is 2. The van der Waals surface area contributed by atoms with Crippen LogP contribution in [0.25, 0.3) is 0 Å². The van der Waals surface area contributed by atoms with E-state index in [9.17, 15) is 9.59 Å². The topological polar surface area (TPSA) is 85.5 Å². The summed E-state index contributed by atoms with van der Waals surface area (Å²) < 4.78 is 0. The highest BCUT2D eigenvalue weighted by Crippen LogP contribution is 2.26. The van der Waals surface area contributed by atoms with Crippen LogP contribution in [0.5, 0.6) is 0 Å². The molecule has 0 saturated carbocycles. The van der Waals surface area contributed by atoms with Gasteiger partial charge in [-0.15, -0.1) is 0 Å². The fourth-order valence-corrected chi connectivity index (χ4v) is 5.22. The average molecular weight is 548 g/mol. The number of likely N-dealkylation sites (tertiary alicyclic amines) is 1. The van der Waals surface area contributed by atoms with E-state index in [1.54, 1.807) is 0 Å². The summed E-state index contributed by atoms with van der Waals surface area (Å²) in [6.45, 7) is 3.26. The van der Waals surface area contributed by atoms with Gasteiger partial charge in [-0.1, -0.05) is 67.1 Å². The second kappa shape index (κ2) is 14.1. The fraction of sp³-hybridized carbons (Fsp3) is 0.235. The van der Waals surface area contributed by atoms with E-state index in [1.165, 1.54) is 30.4 Å². The standard InChI is InChI=1S/C34H37N5O2/c40-33(35-29-10-4-1-5-11-29)37-31-18-14-26(15-19-31)24-28(25-39-22-8-3-9-23-39)27-16-20-32(21-17-27)38-34(41)36-30-12-6-2-7-13-30/h1-2,4-7,10-21,28H,3,8-9,22-25H2,(H2,35,37,40)(H2,36,38,41). The van der Waals surface area contributed by atoms with Crippen molar-refractivity contribution in [1.29, 1.82) is 0 Å². The van der Waals surface area contributed by atoms with Gasteiger partial charge in [-0.3, -0.25) is 0 Å². The Morgan fingerprint density at radius 1 is 0.561 bits per heavy atom. The lowest BCUT2D eigenvalue weighted by Gasteiger charge is -2.31. The number of carbonyl (C=O) groups is 2. The molecule has 1 aliphatic heterocycles. The zero-order valence-corrected chi connectivity index (χ0v) is 23.2. The fourth-order valence-electron chi connectivity index (χ4n) is 5.22. The average Bonchev–Trinajstić information content (AvgIpc) is 3.00. The first-order valence-electron chi connectivity index (χ1n) is 14.3. The number of amides is 4. The molecule has 4 N–H and O–H groups in total. The molecule has 4 amide bonds. The molecule has 1 saturated heterocycles. The van der Waals surface area contributed by atoms with Gasteiger partial charge in [-0.05, 0) is 92.0 Å². The van der Waals surface area contributed by atoms with E-state index in [0.717, 1.165) is 48.8 Å².